The standard InChI is InChI=1S/C27H27F3N2O/c1-20(33)32-16-15-31(19-24(32)17-21-7-3-2-4-8-21)18-22-11-13-23(14-12-22)25-9-5-6-10-26(25)27(28,29)30/h2-14,24H,15-19H2,1H3/t24-/m1/s1. The number of amides is 1. The molecule has 3 aromatic rings. The smallest absolute Gasteiger partial charge is 0.337 e. The predicted octanol–water partition coefficient (Wildman–Crippen LogP) is 5.65. The Bertz CT molecular complexity index is 1080. The first kappa shape index (κ1) is 23.1. The molecule has 6 heteroatoms. The molecule has 1 amide bonds. The monoisotopic (exact) mass is 452 g/mol. The van der Waals surface area contributed by atoms with E-state index in [4.69, 9.17) is 0 Å². The van der Waals surface area contributed by atoms with Crippen LogP contribution in [0.1, 0.15) is 23.6 Å². The van der Waals surface area contributed by atoms with Crippen molar-refractivity contribution in [2.24, 2.45) is 0 Å². The number of nitrogens with zero attached hydrogens (tertiary/aromatic N) is 2. The van der Waals surface area contributed by atoms with Crippen molar-refractivity contribution in [2.45, 2.75) is 32.1 Å². The molecule has 0 spiro atoms. The molecule has 0 N–H and O–H groups in total. The van der Waals surface area contributed by atoms with Gasteiger partial charge in [-0.05, 0) is 34.7 Å². The van der Waals surface area contributed by atoms with Gasteiger partial charge in [0.05, 0.1) is 5.56 Å². The van der Waals surface area contributed by atoms with E-state index in [9.17, 15) is 18.0 Å². The lowest BCUT2D eigenvalue weighted by Gasteiger charge is -2.41. The third-order valence-corrected chi connectivity index (χ3v) is 6.19. The Balaban J connectivity index is 1.47. The van der Waals surface area contributed by atoms with Crippen LogP contribution in [-0.4, -0.2) is 41.4 Å². The second-order valence-corrected chi connectivity index (χ2v) is 8.53. The molecule has 3 aromatic carbocycles. The van der Waals surface area contributed by atoms with Gasteiger partial charge in [-0.15, -0.1) is 0 Å². The molecule has 0 aliphatic carbocycles. The summed E-state index contributed by atoms with van der Waals surface area (Å²) in [4.78, 5) is 16.4. The molecule has 0 aromatic heterocycles. The summed E-state index contributed by atoms with van der Waals surface area (Å²) >= 11 is 0. The minimum Gasteiger partial charge on any atom is -0.337 e. The van der Waals surface area contributed by atoms with Crippen LogP contribution < -0.4 is 0 Å². The van der Waals surface area contributed by atoms with Crippen LogP contribution in [0.5, 0.6) is 0 Å². The van der Waals surface area contributed by atoms with Gasteiger partial charge in [-0.1, -0.05) is 72.8 Å². The lowest BCUT2D eigenvalue weighted by atomic mass is 9.98. The van der Waals surface area contributed by atoms with Crippen molar-refractivity contribution in [3.8, 4) is 11.1 Å². The van der Waals surface area contributed by atoms with Crippen LogP contribution in [0.25, 0.3) is 11.1 Å². The predicted molar refractivity (Wildman–Crippen MR) is 123 cm³/mol. The summed E-state index contributed by atoms with van der Waals surface area (Å²) in [5.41, 5.74) is 2.35. The van der Waals surface area contributed by atoms with Gasteiger partial charge in [-0.2, -0.15) is 13.2 Å². The highest BCUT2D eigenvalue weighted by Gasteiger charge is 2.33. The molecule has 0 bridgehead atoms. The molecule has 1 aliphatic rings. The SMILES string of the molecule is CC(=O)N1CCN(Cc2ccc(-c3ccccc3C(F)(F)F)cc2)C[C@H]1Cc1ccccc1. The summed E-state index contributed by atoms with van der Waals surface area (Å²) in [6.45, 7) is 4.50. The molecule has 33 heavy (non-hydrogen) atoms. The van der Waals surface area contributed by atoms with Crippen LogP contribution in [0.4, 0.5) is 13.2 Å². The zero-order valence-corrected chi connectivity index (χ0v) is 18.6. The minimum atomic E-state index is -4.39. The van der Waals surface area contributed by atoms with Crippen LogP contribution in [0.15, 0.2) is 78.9 Å². The Hall–Kier alpha value is -3.12. The van der Waals surface area contributed by atoms with Gasteiger partial charge in [0.1, 0.15) is 0 Å². The highest BCUT2D eigenvalue weighted by Crippen LogP contribution is 2.37. The normalized spacial score (nSPS) is 17.2. The molecule has 1 saturated heterocycles. The van der Waals surface area contributed by atoms with Crippen molar-refractivity contribution in [1.29, 1.82) is 0 Å². The van der Waals surface area contributed by atoms with Gasteiger partial charge < -0.3 is 4.90 Å². The average molecular weight is 453 g/mol. The Morgan fingerprint density at radius 1 is 0.879 bits per heavy atom. The molecule has 1 aliphatic heterocycles. The molecule has 172 valence electrons. The lowest BCUT2D eigenvalue weighted by molar-refractivity contribution is -0.137. The van der Waals surface area contributed by atoms with E-state index in [1.54, 1.807) is 25.1 Å². The summed E-state index contributed by atoms with van der Waals surface area (Å²) in [5.74, 6) is 0.0864. The Kier molecular flexibility index (Phi) is 6.84. The molecule has 1 fully saturated rings. The Morgan fingerprint density at radius 2 is 1.55 bits per heavy atom. The maximum atomic E-state index is 13.4. The molecule has 4 rings (SSSR count). The number of benzene rings is 3. The van der Waals surface area contributed by atoms with Crippen LogP contribution in [-0.2, 0) is 23.9 Å². The molecule has 3 nitrogen and oxygen atoms in total. The zero-order valence-electron chi connectivity index (χ0n) is 18.6. The highest BCUT2D eigenvalue weighted by molar-refractivity contribution is 5.73. The van der Waals surface area contributed by atoms with Crippen molar-refractivity contribution < 1.29 is 18.0 Å². The van der Waals surface area contributed by atoms with Gasteiger partial charge in [-0.3, -0.25) is 9.69 Å². The van der Waals surface area contributed by atoms with Crippen molar-refractivity contribution in [1.82, 2.24) is 9.80 Å². The number of alkyl halides is 3. The van der Waals surface area contributed by atoms with Crippen molar-refractivity contribution in [3.63, 3.8) is 0 Å². The Morgan fingerprint density at radius 3 is 2.21 bits per heavy atom. The number of carbonyl (C=O) groups excluding carboxylic acids is 1. The fourth-order valence-electron chi connectivity index (χ4n) is 4.57. The maximum Gasteiger partial charge on any atom is 0.417 e. The number of carbonyl (C=O) groups is 1. The van der Waals surface area contributed by atoms with Gasteiger partial charge in [0.2, 0.25) is 5.91 Å². The van der Waals surface area contributed by atoms with E-state index in [2.05, 4.69) is 17.0 Å². The second kappa shape index (κ2) is 9.79. The lowest BCUT2D eigenvalue weighted by Crippen LogP contribution is -2.55. The van der Waals surface area contributed by atoms with Gasteiger partial charge in [-0.25, -0.2) is 0 Å². The summed E-state index contributed by atoms with van der Waals surface area (Å²) in [7, 11) is 0. The van der Waals surface area contributed by atoms with E-state index in [0.717, 1.165) is 31.1 Å². The third kappa shape index (κ3) is 5.63. The first-order chi connectivity index (χ1) is 15.8. The fourth-order valence-corrected chi connectivity index (χ4v) is 4.57. The van der Waals surface area contributed by atoms with Gasteiger partial charge in [0.15, 0.2) is 0 Å². The quantitative estimate of drug-likeness (QED) is 0.500. The van der Waals surface area contributed by atoms with Crippen LogP contribution in [0, 0.1) is 0 Å². The third-order valence-electron chi connectivity index (χ3n) is 6.19. The Labute approximate surface area is 192 Å². The zero-order chi connectivity index (χ0) is 23.4. The van der Waals surface area contributed by atoms with E-state index in [0.29, 0.717) is 18.7 Å². The average Bonchev–Trinajstić information content (AvgIpc) is 2.80. The molecule has 0 saturated carbocycles. The summed E-state index contributed by atoms with van der Waals surface area (Å²) in [5, 5.41) is 0. The van der Waals surface area contributed by atoms with Crippen LogP contribution in [0.3, 0.4) is 0 Å². The minimum absolute atomic E-state index is 0.0864. The number of piperazine rings is 1. The van der Waals surface area contributed by atoms with E-state index < -0.39 is 11.7 Å². The van der Waals surface area contributed by atoms with Gasteiger partial charge in [0.25, 0.3) is 0 Å². The van der Waals surface area contributed by atoms with Crippen molar-refractivity contribution in [2.75, 3.05) is 19.6 Å². The van der Waals surface area contributed by atoms with Gasteiger partial charge >= 0.3 is 6.18 Å². The summed E-state index contributed by atoms with van der Waals surface area (Å²) in [6.07, 6.45) is -3.59. The van der Waals surface area contributed by atoms with Crippen LogP contribution >= 0.6 is 0 Å². The topological polar surface area (TPSA) is 23.6 Å². The molecule has 0 radical (unpaired) electrons. The summed E-state index contributed by atoms with van der Waals surface area (Å²) in [6, 6.07) is 23.2. The largest absolute Gasteiger partial charge is 0.417 e. The molecule has 1 heterocycles. The van der Waals surface area contributed by atoms with E-state index in [1.807, 2.05) is 35.2 Å². The maximum absolute atomic E-state index is 13.4. The second-order valence-electron chi connectivity index (χ2n) is 8.53. The van der Waals surface area contributed by atoms with Crippen molar-refractivity contribution in [3.05, 3.63) is 95.6 Å². The van der Waals surface area contributed by atoms with Crippen LogP contribution in [0.2, 0.25) is 0 Å². The molecular weight excluding hydrogens is 425 g/mol. The molecular formula is C27H27F3N2O. The van der Waals surface area contributed by atoms with E-state index in [1.165, 1.54) is 17.7 Å². The highest BCUT2D eigenvalue weighted by atomic mass is 19.4. The molecule has 0 unspecified atom stereocenters. The number of halogens is 3. The number of hydrogen-bond acceptors (Lipinski definition) is 2. The van der Waals surface area contributed by atoms with Crippen molar-refractivity contribution >= 4 is 5.91 Å². The molecule has 1 atom stereocenters. The van der Waals surface area contributed by atoms with E-state index in [-0.39, 0.29) is 17.5 Å². The van der Waals surface area contributed by atoms with E-state index >= 15 is 0 Å². The van der Waals surface area contributed by atoms with Gasteiger partial charge in [0, 0.05) is 39.1 Å². The fraction of sp³-hybridized carbons (Fsp3) is 0.296. The number of rotatable bonds is 5. The first-order valence-electron chi connectivity index (χ1n) is 11.1. The first-order valence-corrected chi connectivity index (χ1v) is 11.1. The number of hydrogen-bond donors (Lipinski definition) is 0. The summed E-state index contributed by atoms with van der Waals surface area (Å²) < 4.78 is 40.1.